The largest absolute Gasteiger partial charge is 0.465 e. The minimum Gasteiger partial charge on any atom is -0.465 e. The molecule has 0 aliphatic heterocycles. The topological polar surface area (TPSA) is 55.6 Å². The molecule has 0 atom stereocenters. The molecule has 0 unspecified atom stereocenters. The van der Waals surface area contributed by atoms with Crippen molar-refractivity contribution in [3.8, 4) is 0 Å². The highest BCUT2D eigenvalue weighted by molar-refractivity contribution is 5.92. The molecule has 0 aliphatic rings. The number of carbonyl (C=O) groups excluding carboxylic acids is 1. The van der Waals surface area contributed by atoms with Crippen LogP contribution in [0.2, 0.25) is 0 Å². The van der Waals surface area contributed by atoms with Crippen LogP contribution >= 0.6 is 0 Å². The summed E-state index contributed by atoms with van der Waals surface area (Å²) < 4.78 is 4.75. The number of esters is 1. The Balaban J connectivity index is 2.26. The highest BCUT2D eigenvalue weighted by Gasteiger charge is 2.11. The van der Waals surface area contributed by atoms with Gasteiger partial charge in [-0.3, -0.25) is 0 Å². The molecule has 0 amide bonds. The summed E-state index contributed by atoms with van der Waals surface area (Å²) in [4.78, 5) is 13.6. The van der Waals surface area contributed by atoms with E-state index in [4.69, 9.17) is 10.5 Å². The number of anilines is 2. The quantitative estimate of drug-likeness (QED) is 0.692. The van der Waals surface area contributed by atoms with Gasteiger partial charge >= 0.3 is 5.97 Å². The molecule has 21 heavy (non-hydrogen) atoms. The van der Waals surface area contributed by atoms with E-state index in [2.05, 4.69) is 25.1 Å². The van der Waals surface area contributed by atoms with Crippen molar-refractivity contribution in [2.24, 2.45) is 0 Å². The van der Waals surface area contributed by atoms with E-state index in [-0.39, 0.29) is 5.97 Å². The molecule has 0 aliphatic carbocycles. The summed E-state index contributed by atoms with van der Waals surface area (Å²) in [6.07, 6.45) is 0. The van der Waals surface area contributed by atoms with Gasteiger partial charge in [-0.25, -0.2) is 4.79 Å². The van der Waals surface area contributed by atoms with Crippen LogP contribution in [0.3, 0.4) is 0 Å². The zero-order chi connectivity index (χ0) is 15.4. The highest BCUT2D eigenvalue weighted by Crippen LogP contribution is 2.25. The lowest BCUT2D eigenvalue weighted by molar-refractivity contribution is 0.0601. The van der Waals surface area contributed by atoms with E-state index in [1.165, 1.54) is 18.2 Å². The van der Waals surface area contributed by atoms with Gasteiger partial charge in [-0.15, -0.1) is 0 Å². The average molecular weight is 284 g/mol. The van der Waals surface area contributed by atoms with Gasteiger partial charge in [-0.1, -0.05) is 29.8 Å². The third kappa shape index (κ3) is 3.54. The second-order valence-corrected chi connectivity index (χ2v) is 5.11. The van der Waals surface area contributed by atoms with E-state index < -0.39 is 0 Å². The third-order valence-electron chi connectivity index (χ3n) is 3.37. The smallest absolute Gasteiger partial charge is 0.337 e. The highest BCUT2D eigenvalue weighted by atomic mass is 16.5. The van der Waals surface area contributed by atoms with Crippen molar-refractivity contribution < 1.29 is 9.53 Å². The lowest BCUT2D eigenvalue weighted by Gasteiger charge is -2.22. The first-order valence-corrected chi connectivity index (χ1v) is 6.76. The molecule has 0 spiro atoms. The van der Waals surface area contributed by atoms with Crippen molar-refractivity contribution >= 4 is 17.3 Å². The number of hydrogen-bond donors (Lipinski definition) is 1. The van der Waals surface area contributed by atoms with E-state index in [1.807, 2.05) is 18.0 Å². The molecule has 0 radical (unpaired) electrons. The van der Waals surface area contributed by atoms with Crippen LogP contribution in [0.15, 0.2) is 42.5 Å². The first-order valence-electron chi connectivity index (χ1n) is 6.76. The summed E-state index contributed by atoms with van der Waals surface area (Å²) >= 11 is 0. The Morgan fingerprint density at radius 3 is 2.67 bits per heavy atom. The number of nitrogen functional groups attached to an aromatic ring is 1. The Bertz CT molecular complexity index is 653. The average Bonchev–Trinajstić information content (AvgIpc) is 2.46. The maximum absolute atomic E-state index is 11.6. The number of rotatable bonds is 4. The zero-order valence-electron chi connectivity index (χ0n) is 12.6. The molecular weight excluding hydrogens is 264 g/mol. The fraction of sp³-hybridized carbons (Fsp3) is 0.235. The summed E-state index contributed by atoms with van der Waals surface area (Å²) in [7, 11) is 3.32. The first kappa shape index (κ1) is 14.9. The molecule has 2 rings (SSSR count). The van der Waals surface area contributed by atoms with E-state index in [9.17, 15) is 4.79 Å². The van der Waals surface area contributed by atoms with Gasteiger partial charge in [0.15, 0.2) is 0 Å². The standard InChI is InChI=1S/C17H20N2O2/c1-12-5-4-6-13(9-12)11-19(2)16-10-14(17(20)21-3)7-8-15(16)18/h4-10H,11,18H2,1-3H3. The Morgan fingerprint density at radius 1 is 1.24 bits per heavy atom. The molecule has 2 aromatic carbocycles. The minimum atomic E-state index is -0.361. The SMILES string of the molecule is COC(=O)c1ccc(N)c(N(C)Cc2cccc(C)c2)c1. The van der Waals surface area contributed by atoms with Crippen molar-refractivity contribution in [2.75, 3.05) is 24.8 Å². The van der Waals surface area contributed by atoms with Gasteiger partial charge in [0.25, 0.3) is 0 Å². The lowest BCUT2D eigenvalue weighted by atomic mass is 10.1. The Morgan fingerprint density at radius 2 is 2.00 bits per heavy atom. The Kier molecular flexibility index (Phi) is 4.48. The molecule has 0 heterocycles. The molecule has 4 heteroatoms. The van der Waals surface area contributed by atoms with Crippen LogP contribution in [0.25, 0.3) is 0 Å². The number of hydrogen-bond acceptors (Lipinski definition) is 4. The number of nitrogens with two attached hydrogens (primary N) is 1. The van der Waals surface area contributed by atoms with Crippen molar-refractivity contribution in [3.05, 3.63) is 59.2 Å². The number of carbonyl (C=O) groups is 1. The van der Waals surface area contributed by atoms with E-state index in [1.54, 1.807) is 18.2 Å². The van der Waals surface area contributed by atoms with E-state index >= 15 is 0 Å². The second kappa shape index (κ2) is 6.31. The summed E-state index contributed by atoms with van der Waals surface area (Å²) in [5.41, 5.74) is 10.4. The van der Waals surface area contributed by atoms with Crippen molar-refractivity contribution in [1.82, 2.24) is 0 Å². The Hall–Kier alpha value is -2.49. The molecule has 0 aromatic heterocycles. The number of aryl methyl sites for hydroxylation is 1. The molecule has 0 fully saturated rings. The monoisotopic (exact) mass is 284 g/mol. The second-order valence-electron chi connectivity index (χ2n) is 5.11. The maximum Gasteiger partial charge on any atom is 0.337 e. The van der Waals surface area contributed by atoms with Gasteiger partial charge in [-0.05, 0) is 30.7 Å². The zero-order valence-corrected chi connectivity index (χ0v) is 12.6. The van der Waals surface area contributed by atoms with Gasteiger partial charge in [0, 0.05) is 13.6 Å². The molecule has 0 saturated carbocycles. The van der Waals surface area contributed by atoms with Crippen LogP contribution in [0.5, 0.6) is 0 Å². The fourth-order valence-electron chi connectivity index (χ4n) is 2.29. The van der Waals surface area contributed by atoms with E-state index in [0.29, 0.717) is 11.3 Å². The summed E-state index contributed by atoms with van der Waals surface area (Å²) in [6.45, 7) is 2.78. The number of nitrogens with zero attached hydrogens (tertiary/aromatic N) is 1. The molecule has 2 N–H and O–H groups in total. The number of ether oxygens (including phenoxy) is 1. The van der Waals surface area contributed by atoms with E-state index in [0.717, 1.165) is 12.2 Å². The van der Waals surface area contributed by atoms with Crippen LogP contribution in [-0.4, -0.2) is 20.1 Å². The predicted octanol–water partition coefficient (Wildman–Crippen LogP) is 3.00. The summed E-state index contributed by atoms with van der Waals surface area (Å²) in [5, 5.41) is 0. The van der Waals surface area contributed by atoms with Crippen molar-refractivity contribution in [2.45, 2.75) is 13.5 Å². The van der Waals surface area contributed by atoms with Gasteiger partial charge in [0.1, 0.15) is 0 Å². The van der Waals surface area contributed by atoms with Crippen molar-refractivity contribution in [3.63, 3.8) is 0 Å². The fourth-order valence-corrected chi connectivity index (χ4v) is 2.29. The molecule has 110 valence electrons. The first-order chi connectivity index (χ1) is 10.0. The van der Waals surface area contributed by atoms with Crippen molar-refractivity contribution in [1.29, 1.82) is 0 Å². The van der Waals surface area contributed by atoms with Gasteiger partial charge in [0.05, 0.1) is 24.0 Å². The predicted molar refractivity (Wildman–Crippen MR) is 85.5 cm³/mol. The van der Waals surface area contributed by atoms with Crippen LogP contribution in [-0.2, 0) is 11.3 Å². The third-order valence-corrected chi connectivity index (χ3v) is 3.37. The molecule has 0 saturated heterocycles. The lowest BCUT2D eigenvalue weighted by Crippen LogP contribution is -2.18. The molecule has 2 aromatic rings. The minimum absolute atomic E-state index is 0.361. The van der Waals surface area contributed by atoms with Gasteiger partial charge < -0.3 is 15.4 Å². The molecule has 4 nitrogen and oxygen atoms in total. The maximum atomic E-state index is 11.6. The summed E-state index contributed by atoms with van der Waals surface area (Å²) in [6, 6.07) is 13.5. The van der Waals surface area contributed by atoms with Crippen LogP contribution in [0.4, 0.5) is 11.4 Å². The normalized spacial score (nSPS) is 10.2. The van der Waals surface area contributed by atoms with Gasteiger partial charge in [-0.2, -0.15) is 0 Å². The Labute approximate surface area is 125 Å². The van der Waals surface area contributed by atoms with Crippen LogP contribution < -0.4 is 10.6 Å². The van der Waals surface area contributed by atoms with Gasteiger partial charge in [0.2, 0.25) is 0 Å². The molecule has 0 bridgehead atoms. The number of benzene rings is 2. The molecular formula is C17H20N2O2. The number of methoxy groups -OCH3 is 1. The summed E-state index contributed by atoms with van der Waals surface area (Å²) in [5.74, 6) is -0.361. The van der Waals surface area contributed by atoms with Crippen LogP contribution in [0, 0.1) is 6.92 Å². The van der Waals surface area contributed by atoms with Crippen LogP contribution in [0.1, 0.15) is 21.5 Å².